The van der Waals surface area contributed by atoms with E-state index < -0.39 is 0 Å². The lowest BCUT2D eigenvalue weighted by Gasteiger charge is -2.16. The van der Waals surface area contributed by atoms with Gasteiger partial charge in [0.1, 0.15) is 0 Å². The van der Waals surface area contributed by atoms with Crippen molar-refractivity contribution in [3.8, 4) is 0 Å². The number of carbonyl (C=O) groups excluding carboxylic acids is 1. The second kappa shape index (κ2) is 7.28. The SMILES string of the molecule is CSc1ccccc1[C@@H](C)NC(=O)c1cnn(CCN)c1. The van der Waals surface area contributed by atoms with E-state index in [1.54, 1.807) is 28.8 Å². The first-order valence-electron chi connectivity index (χ1n) is 6.82. The van der Waals surface area contributed by atoms with E-state index in [9.17, 15) is 4.79 Å². The highest BCUT2D eigenvalue weighted by atomic mass is 32.2. The van der Waals surface area contributed by atoms with Crippen LogP contribution in [0.3, 0.4) is 0 Å². The molecule has 1 aromatic heterocycles. The van der Waals surface area contributed by atoms with Crippen molar-refractivity contribution in [1.82, 2.24) is 15.1 Å². The molecule has 2 rings (SSSR count). The molecule has 0 saturated heterocycles. The van der Waals surface area contributed by atoms with E-state index in [1.165, 1.54) is 4.90 Å². The summed E-state index contributed by atoms with van der Waals surface area (Å²) in [5.74, 6) is -0.123. The van der Waals surface area contributed by atoms with Crippen molar-refractivity contribution >= 4 is 17.7 Å². The molecule has 0 radical (unpaired) electrons. The molecule has 112 valence electrons. The van der Waals surface area contributed by atoms with E-state index in [2.05, 4.69) is 16.5 Å². The Morgan fingerprint density at radius 3 is 2.95 bits per heavy atom. The molecule has 1 amide bonds. The van der Waals surface area contributed by atoms with Crippen LogP contribution in [0.1, 0.15) is 28.9 Å². The third-order valence-electron chi connectivity index (χ3n) is 3.21. The van der Waals surface area contributed by atoms with Gasteiger partial charge in [0.15, 0.2) is 0 Å². The van der Waals surface area contributed by atoms with E-state index in [0.717, 1.165) is 5.56 Å². The van der Waals surface area contributed by atoms with Crippen LogP contribution in [0.15, 0.2) is 41.6 Å². The quantitative estimate of drug-likeness (QED) is 0.801. The molecule has 21 heavy (non-hydrogen) atoms. The van der Waals surface area contributed by atoms with Gasteiger partial charge < -0.3 is 11.1 Å². The molecule has 1 atom stereocenters. The maximum atomic E-state index is 12.2. The van der Waals surface area contributed by atoms with Crippen LogP contribution < -0.4 is 11.1 Å². The topological polar surface area (TPSA) is 72.9 Å². The zero-order chi connectivity index (χ0) is 15.2. The van der Waals surface area contributed by atoms with Gasteiger partial charge in [-0.3, -0.25) is 9.48 Å². The number of nitrogens with two attached hydrogens (primary N) is 1. The van der Waals surface area contributed by atoms with Gasteiger partial charge in [-0.25, -0.2) is 0 Å². The van der Waals surface area contributed by atoms with E-state index in [1.807, 2.05) is 31.4 Å². The van der Waals surface area contributed by atoms with E-state index in [0.29, 0.717) is 18.7 Å². The number of hydrogen-bond acceptors (Lipinski definition) is 4. The first kappa shape index (κ1) is 15.6. The Morgan fingerprint density at radius 2 is 2.24 bits per heavy atom. The number of nitrogens with zero attached hydrogens (tertiary/aromatic N) is 2. The normalized spacial score (nSPS) is 12.1. The largest absolute Gasteiger partial charge is 0.345 e. The van der Waals surface area contributed by atoms with Gasteiger partial charge in [0.25, 0.3) is 5.91 Å². The van der Waals surface area contributed by atoms with Gasteiger partial charge in [0.2, 0.25) is 0 Å². The van der Waals surface area contributed by atoms with Gasteiger partial charge in [-0.1, -0.05) is 18.2 Å². The number of aromatic nitrogens is 2. The minimum absolute atomic E-state index is 0.0565. The number of carbonyl (C=O) groups is 1. The van der Waals surface area contributed by atoms with Crippen molar-refractivity contribution in [3.05, 3.63) is 47.8 Å². The lowest BCUT2D eigenvalue weighted by atomic mass is 10.1. The van der Waals surface area contributed by atoms with Crippen LogP contribution in [0.5, 0.6) is 0 Å². The Hall–Kier alpha value is -1.79. The van der Waals surface area contributed by atoms with Gasteiger partial charge in [0.05, 0.1) is 24.3 Å². The van der Waals surface area contributed by atoms with Crippen LogP contribution in [-0.2, 0) is 6.54 Å². The fourth-order valence-electron chi connectivity index (χ4n) is 2.12. The van der Waals surface area contributed by atoms with Crippen LogP contribution in [0.25, 0.3) is 0 Å². The monoisotopic (exact) mass is 304 g/mol. The summed E-state index contributed by atoms with van der Waals surface area (Å²) < 4.78 is 1.68. The molecule has 0 bridgehead atoms. The molecular weight excluding hydrogens is 284 g/mol. The molecule has 0 aliphatic heterocycles. The van der Waals surface area contributed by atoms with Crippen LogP contribution in [-0.4, -0.2) is 28.5 Å². The molecule has 1 aromatic carbocycles. The molecule has 0 spiro atoms. The standard InChI is InChI=1S/C15H20N4OS/c1-11(13-5-3-4-6-14(13)21-2)18-15(20)12-9-17-19(10-12)8-7-16/h3-6,9-11H,7-8,16H2,1-2H3,(H,18,20)/t11-/m1/s1. The Morgan fingerprint density at radius 1 is 1.48 bits per heavy atom. The van der Waals surface area contributed by atoms with Crippen molar-refractivity contribution in [2.24, 2.45) is 5.73 Å². The minimum Gasteiger partial charge on any atom is -0.345 e. The van der Waals surface area contributed by atoms with E-state index in [4.69, 9.17) is 5.73 Å². The lowest BCUT2D eigenvalue weighted by Crippen LogP contribution is -2.26. The number of benzene rings is 1. The smallest absolute Gasteiger partial charge is 0.254 e. The molecule has 0 aliphatic carbocycles. The second-order valence-electron chi connectivity index (χ2n) is 4.72. The van der Waals surface area contributed by atoms with Crippen LogP contribution in [0.2, 0.25) is 0 Å². The minimum atomic E-state index is -0.123. The zero-order valence-electron chi connectivity index (χ0n) is 12.2. The average molecular weight is 304 g/mol. The molecule has 6 heteroatoms. The summed E-state index contributed by atoms with van der Waals surface area (Å²) in [4.78, 5) is 13.4. The van der Waals surface area contributed by atoms with Crippen LogP contribution in [0, 0.1) is 0 Å². The van der Waals surface area contributed by atoms with Gasteiger partial charge in [-0.2, -0.15) is 5.10 Å². The third kappa shape index (κ3) is 3.86. The third-order valence-corrected chi connectivity index (χ3v) is 4.02. The van der Waals surface area contributed by atoms with Crippen molar-refractivity contribution in [3.63, 3.8) is 0 Å². The summed E-state index contributed by atoms with van der Waals surface area (Å²) in [5.41, 5.74) is 7.14. The molecule has 1 heterocycles. The molecule has 0 saturated carbocycles. The van der Waals surface area contributed by atoms with E-state index in [-0.39, 0.29) is 11.9 Å². The summed E-state index contributed by atoms with van der Waals surface area (Å²) in [6.45, 7) is 3.09. The van der Waals surface area contributed by atoms with E-state index >= 15 is 0 Å². The summed E-state index contributed by atoms with van der Waals surface area (Å²) >= 11 is 1.68. The van der Waals surface area contributed by atoms with Crippen molar-refractivity contribution in [2.75, 3.05) is 12.8 Å². The first-order chi connectivity index (χ1) is 10.2. The highest BCUT2D eigenvalue weighted by Gasteiger charge is 2.15. The Balaban J connectivity index is 2.07. The summed E-state index contributed by atoms with van der Waals surface area (Å²) in [6.07, 6.45) is 5.32. The number of thioether (sulfide) groups is 1. The predicted molar refractivity (Wildman–Crippen MR) is 85.4 cm³/mol. The fourth-order valence-corrected chi connectivity index (χ4v) is 2.81. The maximum absolute atomic E-state index is 12.2. The highest BCUT2D eigenvalue weighted by molar-refractivity contribution is 7.98. The van der Waals surface area contributed by atoms with Gasteiger partial charge in [-0.15, -0.1) is 11.8 Å². The predicted octanol–water partition coefficient (Wildman–Crippen LogP) is 2.05. The fraction of sp³-hybridized carbons (Fsp3) is 0.333. The molecule has 0 aliphatic rings. The Labute approximate surface area is 128 Å². The summed E-state index contributed by atoms with van der Waals surface area (Å²) in [5, 5.41) is 7.12. The van der Waals surface area contributed by atoms with Gasteiger partial charge in [0, 0.05) is 17.6 Å². The zero-order valence-corrected chi connectivity index (χ0v) is 13.1. The molecule has 0 unspecified atom stereocenters. The maximum Gasteiger partial charge on any atom is 0.254 e. The molecular formula is C15H20N4OS. The number of rotatable bonds is 6. The molecule has 3 N–H and O–H groups in total. The first-order valence-corrected chi connectivity index (χ1v) is 8.04. The van der Waals surface area contributed by atoms with Crippen molar-refractivity contribution in [2.45, 2.75) is 24.4 Å². The summed E-state index contributed by atoms with van der Waals surface area (Å²) in [6, 6.07) is 8.02. The van der Waals surface area contributed by atoms with Gasteiger partial charge >= 0.3 is 0 Å². The van der Waals surface area contributed by atoms with Crippen molar-refractivity contribution in [1.29, 1.82) is 0 Å². The van der Waals surface area contributed by atoms with Crippen LogP contribution >= 0.6 is 11.8 Å². The number of nitrogens with one attached hydrogen (secondary N) is 1. The number of amides is 1. The molecule has 2 aromatic rings. The average Bonchev–Trinajstić information content (AvgIpc) is 2.96. The van der Waals surface area contributed by atoms with Gasteiger partial charge in [-0.05, 0) is 24.8 Å². The molecule has 0 fully saturated rings. The lowest BCUT2D eigenvalue weighted by molar-refractivity contribution is 0.0939. The molecule has 5 nitrogen and oxygen atoms in total. The number of hydrogen-bond donors (Lipinski definition) is 2. The highest BCUT2D eigenvalue weighted by Crippen LogP contribution is 2.25. The summed E-state index contributed by atoms with van der Waals surface area (Å²) in [7, 11) is 0. The van der Waals surface area contributed by atoms with Crippen LogP contribution in [0.4, 0.5) is 0 Å². The van der Waals surface area contributed by atoms with Crippen molar-refractivity contribution < 1.29 is 4.79 Å². The Bertz CT molecular complexity index is 611. The second-order valence-corrected chi connectivity index (χ2v) is 5.57. The Kier molecular flexibility index (Phi) is 5.41.